The van der Waals surface area contributed by atoms with Crippen molar-refractivity contribution in [3.8, 4) is 17.2 Å². The van der Waals surface area contributed by atoms with Crippen LogP contribution in [0.5, 0.6) is 17.2 Å². The van der Waals surface area contributed by atoms with Crippen molar-refractivity contribution >= 4 is 10.0 Å². The van der Waals surface area contributed by atoms with Crippen LogP contribution in [-0.4, -0.2) is 28.7 Å². The van der Waals surface area contributed by atoms with Gasteiger partial charge in [-0.05, 0) is 60.4 Å². The number of methoxy groups -OCH3 is 1. The third-order valence-electron chi connectivity index (χ3n) is 5.43. The Morgan fingerprint density at radius 3 is 2.44 bits per heavy atom. The van der Waals surface area contributed by atoms with Crippen LogP contribution in [-0.2, 0) is 16.4 Å². The Hall–Kier alpha value is -3.03. The maximum Gasteiger partial charge on any atom is 0.241 e. The highest BCUT2D eigenvalue weighted by molar-refractivity contribution is 7.89. The van der Waals surface area contributed by atoms with Crippen molar-refractivity contribution in [2.24, 2.45) is 0 Å². The van der Waals surface area contributed by atoms with Crippen LogP contribution >= 0.6 is 0 Å². The lowest BCUT2D eigenvalue weighted by molar-refractivity contribution is 0.297. The molecule has 0 radical (unpaired) electrons. The minimum atomic E-state index is -3.79. The Bertz CT molecular complexity index is 1180. The number of nitrogens with one attached hydrogen (secondary N) is 1. The lowest BCUT2D eigenvalue weighted by atomic mass is 9.99. The summed E-state index contributed by atoms with van der Waals surface area (Å²) in [7, 11) is -2.23. The van der Waals surface area contributed by atoms with Crippen LogP contribution in [0.4, 0.5) is 0 Å². The highest BCUT2D eigenvalue weighted by Gasteiger charge is 2.25. The van der Waals surface area contributed by atoms with Crippen LogP contribution in [0.3, 0.4) is 0 Å². The summed E-state index contributed by atoms with van der Waals surface area (Å²) in [5, 5.41) is 0. The highest BCUT2D eigenvalue weighted by atomic mass is 32.2. The van der Waals surface area contributed by atoms with E-state index in [0.29, 0.717) is 42.4 Å². The Labute approximate surface area is 189 Å². The fourth-order valence-electron chi connectivity index (χ4n) is 3.78. The molecule has 3 aromatic carbocycles. The van der Waals surface area contributed by atoms with Gasteiger partial charge in [0.2, 0.25) is 10.0 Å². The molecule has 0 fully saturated rings. The van der Waals surface area contributed by atoms with Crippen LogP contribution in [0.1, 0.15) is 29.2 Å². The van der Waals surface area contributed by atoms with Gasteiger partial charge in [0, 0.05) is 6.42 Å². The second kappa shape index (κ2) is 9.63. The zero-order valence-electron chi connectivity index (χ0n) is 18.2. The third-order valence-corrected chi connectivity index (χ3v) is 7.06. The van der Waals surface area contributed by atoms with Gasteiger partial charge in [0.15, 0.2) is 11.5 Å². The molecule has 1 unspecified atom stereocenters. The number of sulfonamides is 1. The zero-order valence-corrected chi connectivity index (χ0v) is 19.0. The van der Waals surface area contributed by atoms with E-state index in [2.05, 4.69) is 4.72 Å². The van der Waals surface area contributed by atoms with E-state index in [0.717, 1.165) is 17.5 Å². The van der Waals surface area contributed by atoms with E-state index >= 15 is 0 Å². The predicted molar refractivity (Wildman–Crippen MR) is 123 cm³/mol. The molecule has 0 aromatic heterocycles. The quantitative estimate of drug-likeness (QED) is 0.573. The van der Waals surface area contributed by atoms with Crippen LogP contribution in [0.2, 0.25) is 0 Å². The maximum absolute atomic E-state index is 13.4. The summed E-state index contributed by atoms with van der Waals surface area (Å²) in [6.07, 6.45) is 1.30. The molecular weight excluding hydrogens is 426 g/mol. The Balaban J connectivity index is 1.69. The second-order valence-corrected chi connectivity index (χ2v) is 9.43. The van der Waals surface area contributed by atoms with Gasteiger partial charge in [0.25, 0.3) is 0 Å². The number of aryl methyl sites for hydroxylation is 1. The molecule has 1 N–H and O–H groups in total. The van der Waals surface area contributed by atoms with E-state index in [1.807, 2.05) is 48.5 Å². The van der Waals surface area contributed by atoms with Crippen molar-refractivity contribution in [1.29, 1.82) is 0 Å². The molecule has 1 atom stereocenters. The van der Waals surface area contributed by atoms with E-state index in [1.165, 1.54) is 0 Å². The molecule has 0 bridgehead atoms. The third kappa shape index (κ3) is 5.06. The molecule has 3 aromatic rings. The Morgan fingerprint density at radius 1 is 0.969 bits per heavy atom. The molecule has 1 aliphatic heterocycles. The highest BCUT2D eigenvalue weighted by Crippen LogP contribution is 2.34. The van der Waals surface area contributed by atoms with Gasteiger partial charge >= 0.3 is 0 Å². The molecule has 7 heteroatoms. The summed E-state index contributed by atoms with van der Waals surface area (Å²) in [5.74, 6) is 1.93. The van der Waals surface area contributed by atoms with Gasteiger partial charge in [-0.15, -0.1) is 0 Å². The minimum Gasteiger partial charge on any atom is -0.497 e. The number of benzene rings is 3. The topological polar surface area (TPSA) is 73.9 Å². The number of rotatable bonds is 7. The first-order valence-corrected chi connectivity index (χ1v) is 12.0. The minimum absolute atomic E-state index is 0.228. The van der Waals surface area contributed by atoms with E-state index in [1.54, 1.807) is 32.2 Å². The van der Waals surface area contributed by atoms with Gasteiger partial charge in [-0.1, -0.05) is 36.4 Å². The van der Waals surface area contributed by atoms with Gasteiger partial charge < -0.3 is 14.2 Å². The molecular formula is C25H27NO5S. The lowest BCUT2D eigenvalue weighted by Gasteiger charge is -2.21. The number of fused-ring (bicyclic) bond motifs is 1. The number of hydrogen-bond donors (Lipinski definition) is 1. The normalized spacial score (nSPS) is 14.4. The standard InChI is InChI=1S/C25H27NO5S/c1-18-15-21(29-2)10-12-25(18)32(27,28)26-22(16-19-7-4-3-5-8-19)20-9-11-23-24(17-20)31-14-6-13-30-23/h3-5,7-12,15,17,22,26H,6,13-14,16H2,1-2H3. The Kier molecular flexibility index (Phi) is 6.67. The van der Waals surface area contributed by atoms with E-state index < -0.39 is 16.1 Å². The van der Waals surface area contributed by atoms with Gasteiger partial charge in [0.1, 0.15) is 5.75 Å². The van der Waals surface area contributed by atoms with Crippen molar-refractivity contribution in [2.75, 3.05) is 20.3 Å². The lowest BCUT2D eigenvalue weighted by Crippen LogP contribution is -2.30. The summed E-state index contributed by atoms with van der Waals surface area (Å²) in [4.78, 5) is 0.228. The van der Waals surface area contributed by atoms with Crippen LogP contribution < -0.4 is 18.9 Å². The fraction of sp³-hybridized carbons (Fsp3) is 0.280. The van der Waals surface area contributed by atoms with Crippen molar-refractivity contribution in [3.63, 3.8) is 0 Å². The molecule has 4 rings (SSSR count). The zero-order chi connectivity index (χ0) is 22.6. The first-order valence-electron chi connectivity index (χ1n) is 10.6. The number of ether oxygens (including phenoxy) is 3. The van der Waals surface area contributed by atoms with Gasteiger partial charge in [-0.3, -0.25) is 0 Å². The molecule has 1 aliphatic rings. The van der Waals surface area contributed by atoms with Crippen LogP contribution in [0.15, 0.2) is 71.6 Å². The first-order chi connectivity index (χ1) is 15.5. The van der Waals surface area contributed by atoms with Crippen molar-refractivity contribution < 1.29 is 22.6 Å². The van der Waals surface area contributed by atoms with Gasteiger partial charge in [-0.25, -0.2) is 13.1 Å². The summed E-state index contributed by atoms with van der Waals surface area (Å²) < 4.78 is 46.4. The molecule has 32 heavy (non-hydrogen) atoms. The van der Waals surface area contributed by atoms with Crippen molar-refractivity contribution in [3.05, 3.63) is 83.4 Å². The van der Waals surface area contributed by atoms with Gasteiger partial charge in [0.05, 0.1) is 31.3 Å². The average Bonchev–Trinajstić information content (AvgIpc) is 3.04. The smallest absolute Gasteiger partial charge is 0.241 e. The summed E-state index contributed by atoms with van der Waals surface area (Å²) in [6, 6.07) is 19.9. The van der Waals surface area contributed by atoms with Crippen molar-refractivity contribution in [1.82, 2.24) is 4.72 Å². The van der Waals surface area contributed by atoms with Crippen molar-refractivity contribution in [2.45, 2.75) is 30.7 Å². The van der Waals surface area contributed by atoms with Gasteiger partial charge in [-0.2, -0.15) is 0 Å². The molecule has 1 heterocycles. The van der Waals surface area contributed by atoms with E-state index in [-0.39, 0.29) is 4.90 Å². The summed E-state index contributed by atoms with van der Waals surface area (Å²) in [5.41, 5.74) is 2.46. The largest absolute Gasteiger partial charge is 0.497 e. The second-order valence-electron chi connectivity index (χ2n) is 7.75. The van der Waals surface area contributed by atoms with E-state index in [9.17, 15) is 8.42 Å². The fourth-order valence-corrected chi connectivity index (χ4v) is 5.23. The summed E-state index contributed by atoms with van der Waals surface area (Å²) in [6.45, 7) is 2.93. The van der Waals surface area contributed by atoms with E-state index in [4.69, 9.17) is 14.2 Å². The molecule has 168 valence electrons. The molecule has 0 amide bonds. The average molecular weight is 454 g/mol. The SMILES string of the molecule is COc1ccc(S(=O)(=O)NC(Cc2ccccc2)c2ccc3c(c2)OCCCO3)c(C)c1. The molecule has 0 aliphatic carbocycles. The van der Waals surface area contributed by atoms with Crippen LogP contribution in [0, 0.1) is 6.92 Å². The number of hydrogen-bond acceptors (Lipinski definition) is 5. The first kappa shape index (κ1) is 22.2. The molecule has 0 saturated carbocycles. The summed E-state index contributed by atoms with van der Waals surface area (Å²) >= 11 is 0. The molecule has 6 nitrogen and oxygen atoms in total. The maximum atomic E-state index is 13.4. The Morgan fingerprint density at radius 2 is 1.72 bits per heavy atom. The predicted octanol–water partition coefficient (Wildman–Crippen LogP) is 4.43. The molecule has 0 spiro atoms. The monoisotopic (exact) mass is 453 g/mol. The van der Waals surface area contributed by atoms with Crippen LogP contribution in [0.25, 0.3) is 0 Å². The molecule has 0 saturated heterocycles.